The molecule has 1 rings (SSSR count). The largest absolute Gasteiger partial charge is 0.464 e. The fraction of sp³-hybridized carbons (Fsp3) is 0.562. The van der Waals surface area contributed by atoms with Gasteiger partial charge in [0.05, 0.1) is 6.54 Å². The first kappa shape index (κ1) is 15.5. The molecule has 19 heavy (non-hydrogen) atoms. The van der Waals surface area contributed by atoms with Crippen molar-refractivity contribution in [1.29, 1.82) is 0 Å². The van der Waals surface area contributed by atoms with E-state index in [1.54, 1.807) is 0 Å². The van der Waals surface area contributed by atoms with Crippen molar-refractivity contribution < 1.29 is 9.53 Å². The Labute approximate surface area is 116 Å². The Hall–Kier alpha value is -1.51. The average Bonchev–Trinajstić information content (AvgIpc) is 2.38. The third-order valence-electron chi connectivity index (χ3n) is 2.79. The Balaban J connectivity index is 2.49. The van der Waals surface area contributed by atoms with Gasteiger partial charge in [-0.25, -0.2) is 0 Å². The van der Waals surface area contributed by atoms with E-state index in [1.165, 1.54) is 5.69 Å². The summed E-state index contributed by atoms with van der Waals surface area (Å²) in [4.78, 5) is 13.6. The van der Waals surface area contributed by atoms with E-state index in [1.807, 2.05) is 25.1 Å². The monoisotopic (exact) mass is 263 g/mol. The molecule has 0 saturated carbocycles. The second kappa shape index (κ2) is 8.57. The minimum Gasteiger partial charge on any atom is -0.464 e. The molecule has 0 unspecified atom stereocenters. The number of ether oxygens (including phenoxy) is 1. The van der Waals surface area contributed by atoms with E-state index in [9.17, 15) is 4.79 Å². The van der Waals surface area contributed by atoms with Crippen molar-refractivity contribution >= 4 is 11.7 Å². The van der Waals surface area contributed by atoms with Gasteiger partial charge in [-0.3, -0.25) is 4.79 Å². The van der Waals surface area contributed by atoms with Crippen LogP contribution in [0.5, 0.6) is 0 Å². The molecule has 0 spiro atoms. The first-order valence-corrected chi connectivity index (χ1v) is 7.09. The summed E-state index contributed by atoms with van der Waals surface area (Å²) in [5.41, 5.74) is 1.18. The van der Waals surface area contributed by atoms with Crippen molar-refractivity contribution in [2.75, 3.05) is 24.6 Å². The molecule has 0 fully saturated rings. The summed E-state index contributed by atoms with van der Waals surface area (Å²) in [6.07, 6.45) is 1.35. The van der Waals surface area contributed by atoms with Gasteiger partial charge in [0.2, 0.25) is 0 Å². The maximum Gasteiger partial charge on any atom is 0.305 e. The summed E-state index contributed by atoms with van der Waals surface area (Å²) in [5.74, 6) is 0.478. The van der Waals surface area contributed by atoms with Crippen LogP contribution in [0.2, 0.25) is 0 Å². The molecule has 3 nitrogen and oxygen atoms in total. The fourth-order valence-corrected chi connectivity index (χ4v) is 1.95. The molecule has 0 aliphatic heterocycles. The standard InChI is InChI=1S/C16H25NO2/c1-4-8-16(18)19-12-11-17(13-14(2)3)15-9-6-5-7-10-15/h5-7,9-10,14H,4,8,11-13H2,1-3H3. The number of benzene rings is 1. The molecular formula is C16H25NO2. The van der Waals surface area contributed by atoms with Gasteiger partial charge in [-0.15, -0.1) is 0 Å². The molecule has 0 aliphatic carbocycles. The summed E-state index contributed by atoms with van der Waals surface area (Å²) in [7, 11) is 0. The number of rotatable bonds is 8. The molecule has 0 bridgehead atoms. The van der Waals surface area contributed by atoms with Gasteiger partial charge in [-0.1, -0.05) is 39.0 Å². The molecule has 0 heterocycles. The predicted molar refractivity (Wildman–Crippen MR) is 79.4 cm³/mol. The molecule has 0 amide bonds. The summed E-state index contributed by atoms with van der Waals surface area (Å²) in [5, 5.41) is 0. The summed E-state index contributed by atoms with van der Waals surface area (Å²) in [6.45, 7) is 8.54. The zero-order chi connectivity index (χ0) is 14.1. The number of carbonyl (C=O) groups is 1. The van der Waals surface area contributed by atoms with Crippen LogP contribution in [-0.2, 0) is 9.53 Å². The number of para-hydroxylation sites is 1. The van der Waals surface area contributed by atoms with E-state index in [4.69, 9.17) is 4.74 Å². The maximum absolute atomic E-state index is 11.3. The Bertz CT molecular complexity index is 362. The number of hydrogen-bond acceptors (Lipinski definition) is 3. The van der Waals surface area contributed by atoms with E-state index in [-0.39, 0.29) is 5.97 Å². The smallest absolute Gasteiger partial charge is 0.305 e. The molecule has 0 radical (unpaired) electrons. The van der Waals surface area contributed by atoms with Gasteiger partial charge in [-0.05, 0) is 24.5 Å². The summed E-state index contributed by atoms with van der Waals surface area (Å²) < 4.78 is 5.24. The first-order chi connectivity index (χ1) is 9.13. The Morgan fingerprint density at radius 3 is 2.53 bits per heavy atom. The maximum atomic E-state index is 11.3. The van der Waals surface area contributed by atoms with E-state index in [0.717, 1.165) is 19.5 Å². The zero-order valence-corrected chi connectivity index (χ0v) is 12.3. The number of nitrogens with zero attached hydrogens (tertiary/aromatic N) is 1. The number of anilines is 1. The van der Waals surface area contributed by atoms with Crippen LogP contribution in [0.25, 0.3) is 0 Å². The quantitative estimate of drug-likeness (QED) is 0.672. The highest BCUT2D eigenvalue weighted by atomic mass is 16.5. The SMILES string of the molecule is CCCC(=O)OCCN(CC(C)C)c1ccccc1. The number of carbonyl (C=O) groups excluding carboxylic acids is 1. The molecule has 3 heteroatoms. The van der Waals surface area contributed by atoms with Gasteiger partial charge >= 0.3 is 5.97 Å². The van der Waals surface area contributed by atoms with Crippen LogP contribution >= 0.6 is 0 Å². The molecule has 106 valence electrons. The average molecular weight is 263 g/mol. The molecule has 0 aliphatic rings. The summed E-state index contributed by atoms with van der Waals surface area (Å²) >= 11 is 0. The van der Waals surface area contributed by atoms with Crippen LogP contribution in [0, 0.1) is 5.92 Å². The highest BCUT2D eigenvalue weighted by Crippen LogP contribution is 2.14. The highest BCUT2D eigenvalue weighted by molar-refractivity contribution is 5.69. The van der Waals surface area contributed by atoms with Gasteiger partial charge < -0.3 is 9.64 Å². The topological polar surface area (TPSA) is 29.5 Å². The third-order valence-corrected chi connectivity index (χ3v) is 2.79. The van der Waals surface area contributed by atoms with Crippen molar-refractivity contribution in [3.63, 3.8) is 0 Å². The normalized spacial score (nSPS) is 10.5. The highest BCUT2D eigenvalue weighted by Gasteiger charge is 2.09. The van der Waals surface area contributed by atoms with Gasteiger partial charge in [-0.2, -0.15) is 0 Å². The molecule has 0 aromatic heterocycles. The van der Waals surface area contributed by atoms with Crippen LogP contribution in [0.1, 0.15) is 33.6 Å². The second-order valence-electron chi connectivity index (χ2n) is 5.15. The van der Waals surface area contributed by atoms with E-state index in [0.29, 0.717) is 18.9 Å². The van der Waals surface area contributed by atoms with Gasteiger partial charge in [0.15, 0.2) is 0 Å². The number of hydrogen-bond donors (Lipinski definition) is 0. The fourth-order valence-electron chi connectivity index (χ4n) is 1.95. The van der Waals surface area contributed by atoms with Gasteiger partial charge in [0, 0.05) is 18.7 Å². The third kappa shape index (κ3) is 6.27. The molecule has 1 aromatic rings. The van der Waals surface area contributed by atoms with Crippen LogP contribution in [0.4, 0.5) is 5.69 Å². The Morgan fingerprint density at radius 2 is 1.95 bits per heavy atom. The van der Waals surface area contributed by atoms with Crippen LogP contribution in [0.15, 0.2) is 30.3 Å². The molecular weight excluding hydrogens is 238 g/mol. The lowest BCUT2D eigenvalue weighted by Crippen LogP contribution is -2.31. The van der Waals surface area contributed by atoms with Crippen molar-refractivity contribution in [3.8, 4) is 0 Å². The minimum absolute atomic E-state index is 0.0972. The first-order valence-electron chi connectivity index (χ1n) is 7.09. The lowest BCUT2D eigenvalue weighted by Gasteiger charge is -2.26. The van der Waals surface area contributed by atoms with E-state index in [2.05, 4.69) is 30.9 Å². The molecule has 0 atom stereocenters. The summed E-state index contributed by atoms with van der Waals surface area (Å²) in [6, 6.07) is 10.3. The van der Waals surface area contributed by atoms with Gasteiger partial charge in [0.1, 0.15) is 6.61 Å². The molecule has 1 aromatic carbocycles. The van der Waals surface area contributed by atoms with Crippen molar-refractivity contribution in [1.82, 2.24) is 0 Å². The zero-order valence-electron chi connectivity index (χ0n) is 12.3. The van der Waals surface area contributed by atoms with Crippen molar-refractivity contribution in [2.24, 2.45) is 5.92 Å². The predicted octanol–water partition coefficient (Wildman–Crippen LogP) is 3.49. The lowest BCUT2D eigenvalue weighted by atomic mass is 10.2. The van der Waals surface area contributed by atoms with Crippen LogP contribution < -0.4 is 4.90 Å². The van der Waals surface area contributed by atoms with Crippen molar-refractivity contribution in [3.05, 3.63) is 30.3 Å². The van der Waals surface area contributed by atoms with Crippen molar-refractivity contribution in [2.45, 2.75) is 33.6 Å². The number of esters is 1. The minimum atomic E-state index is -0.0972. The second-order valence-corrected chi connectivity index (χ2v) is 5.15. The van der Waals surface area contributed by atoms with E-state index < -0.39 is 0 Å². The Kier molecular flexibility index (Phi) is 7.01. The van der Waals surface area contributed by atoms with E-state index >= 15 is 0 Å². The lowest BCUT2D eigenvalue weighted by molar-refractivity contribution is -0.143. The van der Waals surface area contributed by atoms with Gasteiger partial charge in [0.25, 0.3) is 0 Å². The molecule has 0 saturated heterocycles. The molecule has 0 N–H and O–H groups in total. The van der Waals surface area contributed by atoms with Crippen LogP contribution in [0.3, 0.4) is 0 Å². The Morgan fingerprint density at radius 1 is 1.26 bits per heavy atom. The van der Waals surface area contributed by atoms with Crippen LogP contribution in [-0.4, -0.2) is 25.7 Å².